The molecule has 2 atom stereocenters. The molecule has 0 rings (SSSR count). The summed E-state index contributed by atoms with van der Waals surface area (Å²) in [5.41, 5.74) is 0. The molecule has 0 aliphatic heterocycles. The summed E-state index contributed by atoms with van der Waals surface area (Å²) in [4.78, 5) is 0. The molecule has 0 bridgehead atoms. The second kappa shape index (κ2) is 8.89. The van der Waals surface area contributed by atoms with E-state index in [1.165, 1.54) is 30.9 Å². The Morgan fingerprint density at radius 1 is 1.23 bits per heavy atom. The third-order valence-electron chi connectivity index (χ3n) is 2.41. The summed E-state index contributed by atoms with van der Waals surface area (Å²) in [5, 5.41) is 3.58. The number of nitrogens with one attached hydrogen (secondary N) is 1. The van der Waals surface area contributed by atoms with Crippen molar-refractivity contribution in [2.24, 2.45) is 5.92 Å². The highest BCUT2D eigenvalue weighted by Gasteiger charge is 2.03. The number of hydrogen-bond acceptors (Lipinski definition) is 2. The molecule has 13 heavy (non-hydrogen) atoms. The molecule has 0 fully saturated rings. The van der Waals surface area contributed by atoms with Gasteiger partial charge in [0.1, 0.15) is 0 Å². The minimum Gasteiger partial charge on any atom is -0.314 e. The predicted molar refractivity (Wildman–Crippen MR) is 64.5 cm³/mol. The van der Waals surface area contributed by atoms with Crippen molar-refractivity contribution in [1.29, 1.82) is 0 Å². The Labute approximate surface area is 88.1 Å². The van der Waals surface area contributed by atoms with Gasteiger partial charge in [-0.1, -0.05) is 27.2 Å². The van der Waals surface area contributed by atoms with Crippen LogP contribution in [0.15, 0.2) is 0 Å². The molecule has 0 radical (unpaired) electrons. The first-order chi connectivity index (χ1) is 6.20. The highest BCUT2D eigenvalue weighted by molar-refractivity contribution is 7.99. The van der Waals surface area contributed by atoms with Crippen LogP contribution in [-0.4, -0.2) is 24.1 Å². The van der Waals surface area contributed by atoms with Crippen molar-refractivity contribution in [2.45, 2.75) is 46.6 Å². The van der Waals surface area contributed by atoms with Crippen LogP contribution in [0.1, 0.15) is 40.5 Å². The van der Waals surface area contributed by atoms with Crippen molar-refractivity contribution in [3.63, 3.8) is 0 Å². The van der Waals surface area contributed by atoms with Gasteiger partial charge >= 0.3 is 0 Å². The fourth-order valence-corrected chi connectivity index (χ4v) is 1.86. The average molecular weight is 203 g/mol. The normalized spacial score (nSPS) is 15.7. The lowest BCUT2D eigenvalue weighted by Gasteiger charge is -2.16. The van der Waals surface area contributed by atoms with Crippen LogP contribution >= 0.6 is 11.8 Å². The van der Waals surface area contributed by atoms with Crippen molar-refractivity contribution >= 4 is 11.8 Å². The SMILES string of the molecule is CCSCCC(C)NCC(C)CC. The van der Waals surface area contributed by atoms with Crippen LogP contribution in [0, 0.1) is 5.92 Å². The van der Waals surface area contributed by atoms with E-state index in [-0.39, 0.29) is 0 Å². The van der Waals surface area contributed by atoms with E-state index in [4.69, 9.17) is 0 Å². The standard InChI is InChI=1S/C11H25NS/c1-5-10(3)9-12-11(4)7-8-13-6-2/h10-12H,5-9H2,1-4H3. The lowest BCUT2D eigenvalue weighted by Crippen LogP contribution is -2.30. The first-order valence-electron chi connectivity index (χ1n) is 5.51. The Balaban J connectivity index is 3.24. The first kappa shape index (κ1) is 13.3. The summed E-state index contributed by atoms with van der Waals surface area (Å²) in [6, 6.07) is 0.688. The zero-order valence-electron chi connectivity index (χ0n) is 9.60. The minimum absolute atomic E-state index is 0.688. The summed E-state index contributed by atoms with van der Waals surface area (Å²) in [7, 11) is 0. The van der Waals surface area contributed by atoms with E-state index in [1.807, 2.05) is 11.8 Å². The maximum absolute atomic E-state index is 3.58. The Bertz CT molecular complexity index is 106. The molecule has 0 heterocycles. The van der Waals surface area contributed by atoms with E-state index < -0.39 is 0 Å². The van der Waals surface area contributed by atoms with Crippen molar-refractivity contribution in [2.75, 3.05) is 18.1 Å². The Hall–Kier alpha value is 0.310. The van der Waals surface area contributed by atoms with Gasteiger partial charge in [0.25, 0.3) is 0 Å². The largest absolute Gasteiger partial charge is 0.314 e. The summed E-state index contributed by atoms with van der Waals surface area (Å²) in [6.45, 7) is 10.2. The van der Waals surface area contributed by atoms with Crippen LogP contribution in [0.5, 0.6) is 0 Å². The van der Waals surface area contributed by atoms with Gasteiger partial charge in [0, 0.05) is 6.04 Å². The fraction of sp³-hybridized carbons (Fsp3) is 1.00. The van der Waals surface area contributed by atoms with Gasteiger partial charge in [0.15, 0.2) is 0 Å². The lowest BCUT2D eigenvalue weighted by atomic mass is 10.1. The molecule has 0 aromatic carbocycles. The first-order valence-corrected chi connectivity index (χ1v) is 6.67. The summed E-state index contributed by atoms with van der Waals surface area (Å²) in [6.07, 6.45) is 2.58. The molecule has 2 unspecified atom stereocenters. The molecule has 2 heteroatoms. The molecule has 80 valence electrons. The third kappa shape index (κ3) is 8.63. The lowest BCUT2D eigenvalue weighted by molar-refractivity contribution is 0.448. The fourth-order valence-electron chi connectivity index (χ4n) is 1.05. The number of hydrogen-bond donors (Lipinski definition) is 1. The van der Waals surface area contributed by atoms with E-state index in [1.54, 1.807) is 0 Å². The molecule has 0 saturated heterocycles. The maximum Gasteiger partial charge on any atom is 0.00466 e. The van der Waals surface area contributed by atoms with E-state index >= 15 is 0 Å². The molecule has 0 aliphatic rings. The number of thioether (sulfide) groups is 1. The number of rotatable bonds is 8. The molecule has 0 amide bonds. The third-order valence-corrected chi connectivity index (χ3v) is 3.34. The van der Waals surface area contributed by atoms with E-state index in [2.05, 4.69) is 33.0 Å². The highest BCUT2D eigenvalue weighted by atomic mass is 32.2. The maximum atomic E-state index is 3.58. The van der Waals surface area contributed by atoms with Crippen LogP contribution in [0.25, 0.3) is 0 Å². The van der Waals surface area contributed by atoms with E-state index in [9.17, 15) is 0 Å². The van der Waals surface area contributed by atoms with Crippen LogP contribution in [0.4, 0.5) is 0 Å². The molecular weight excluding hydrogens is 178 g/mol. The van der Waals surface area contributed by atoms with Gasteiger partial charge in [-0.25, -0.2) is 0 Å². The summed E-state index contributed by atoms with van der Waals surface area (Å²) < 4.78 is 0. The Morgan fingerprint density at radius 3 is 2.46 bits per heavy atom. The van der Waals surface area contributed by atoms with Gasteiger partial charge in [-0.2, -0.15) is 11.8 Å². The molecule has 0 aliphatic carbocycles. The molecular formula is C11H25NS. The van der Waals surface area contributed by atoms with Gasteiger partial charge in [-0.15, -0.1) is 0 Å². The second-order valence-corrected chi connectivity index (χ2v) is 5.20. The Kier molecular flexibility index (Phi) is 9.10. The van der Waals surface area contributed by atoms with Gasteiger partial charge in [0.05, 0.1) is 0 Å². The zero-order valence-corrected chi connectivity index (χ0v) is 10.4. The molecule has 0 saturated carbocycles. The van der Waals surface area contributed by atoms with Crippen LogP contribution in [-0.2, 0) is 0 Å². The molecule has 0 aromatic rings. The van der Waals surface area contributed by atoms with E-state index in [0.717, 1.165) is 5.92 Å². The Morgan fingerprint density at radius 2 is 1.92 bits per heavy atom. The van der Waals surface area contributed by atoms with Crippen molar-refractivity contribution < 1.29 is 0 Å². The van der Waals surface area contributed by atoms with Crippen molar-refractivity contribution in [1.82, 2.24) is 5.32 Å². The van der Waals surface area contributed by atoms with Crippen LogP contribution in [0.2, 0.25) is 0 Å². The van der Waals surface area contributed by atoms with Gasteiger partial charge in [-0.05, 0) is 37.3 Å². The van der Waals surface area contributed by atoms with Crippen LogP contribution < -0.4 is 5.32 Å². The average Bonchev–Trinajstić information content (AvgIpc) is 2.14. The monoisotopic (exact) mass is 203 g/mol. The van der Waals surface area contributed by atoms with Crippen molar-refractivity contribution in [3.05, 3.63) is 0 Å². The zero-order chi connectivity index (χ0) is 10.1. The van der Waals surface area contributed by atoms with Gasteiger partial charge in [0.2, 0.25) is 0 Å². The summed E-state index contributed by atoms with van der Waals surface area (Å²) in [5.74, 6) is 3.37. The molecule has 1 N–H and O–H groups in total. The van der Waals surface area contributed by atoms with Gasteiger partial charge < -0.3 is 5.32 Å². The quantitative estimate of drug-likeness (QED) is 0.608. The molecule has 1 nitrogen and oxygen atoms in total. The van der Waals surface area contributed by atoms with Crippen molar-refractivity contribution in [3.8, 4) is 0 Å². The van der Waals surface area contributed by atoms with Crippen LogP contribution in [0.3, 0.4) is 0 Å². The molecule has 0 spiro atoms. The minimum atomic E-state index is 0.688. The predicted octanol–water partition coefficient (Wildman–Crippen LogP) is 3.15. The summed E-state index contributed by atoms with van der Waals surface area (Å²) >= 11 is 2.04. The van der Waals surface area contributed by atoms with Gasteiger partial charge in [-0.3, -0.25) is 0 Å². The topological polar surface area (TPSA) is 12.0 Å². The highest BCUT2D eigenvalue weighted by Crippen LogP contribution is 2.04. The smallest absolute Gasteiger partial charge is 0.00466 e. The second-order valence-electron chi connectivity index (χ2n) is 3.81. The van der Waals surface area contributed by atoms with E-state index in [0.29, 0.717) is 6.04 Å². The molecule has 0 aromatic heterocycles.